The summed E-state index contributed by atoms with van der Waals surface area (Å²) in [6, 6.07) is 17.9. The van der Waals surface area contributed by atoms with Crippen molar-refractivity contribution in [2.75, 3.05) is 0 Å². The van der Waals surface area contributed by atoms with Gasteiger partial charge in [-0.25, -0.2) is 4.79 Å². The number of carboxylic acid groups (broad SMARTS) is 1. The number of benzene rings is 3. The summed E-state index contributed by atoms with van der Waals surface area (Å²) in [5.41, 5.74) is 1.75. The fourth-order valence-electron chi connectivity index (χ4n) is 2.90. The molecule has 0 saturated carbocycles. The summed E-state index contributed by atoms with van der Waals surface area (Å²) >= 11 is 11.9. The van der Waals surface area contributed by atoms with Gasteiger partial charge in [-0.3, -0.25) is 9.59 Å². The van der Waals surface area contributed by atoms with Crippen LogP contribution in [0.2, 0.25) is 10.0 Å². The first-order valence-electron chi connectivity index (χ1n) is 9.74. The molecule has 0 heterocycles. The van der Waals surface area contributed by atoms with Gasteiger partial charge in [0.2, 0.25) is 0 Å². The summed E-state index contributed by atoms with van der Waals surface area (Å²) in [5.74, 6) is -2.32. The molecule has 0 bridgehead atoms. The molecule has 3 aromatic rings. The van der Waals surface area contributed by atoms with Crippen LogP contribution in [0.15, 0.2) is 72.8 Å². The Bertz CT molecular complexity index is 1220. The van der Waals surface area contributed by atoms with Crippen LogP contribution in [0.5, 0.6) is 11.5 Å². The molecular formula is C25H18Cl2O6. The molecule has 0 aliphatic rings. The highest BCUT2D eigenvalue weighted by atomic mass is 35.5. The van der Waals surface area contributed by atoms with Gasteiger partial charge >= 0.3 is 17.9 Å². The Morgan fingerprint density at radius 2 is 1.30 bits per heavy atom. The van der Waals surface area contributed by atoms with Gasteiger partial charge in [0.1, 0.15) is 0 Å². The molecule has 0 radical (unpaired) electrons. The Morgan fingerprint density at radius 1 is 0.758 bits per heavy atom. The van der Waals surface area contributed by atoms with E-state index in [0.717, 1.165) is 6.08 Å². The minimum absolute atomic E-state index is 0.0194. The van der Waals surface area contributed by atoms with Crippen LogP contribution in [0.3, 0.4) is 0 Å². The van der Waals surface area contributed by atoms with Crippen molar-refractivity contribution >= 4 is 47.2 Å². The number of hydrogen-bond acceptors (Lipinski definition) is 5. The molecule has 0 unspecified atom stereocenters. The Kier molecular flexibility index (Phi) is 8.24. The number of esters is 2. The monoisotopic (exact) mass is 484 g/mol. The van der Waals surface area contributed by atoms with E-state index in [0.29, 0.717) is 26.7 Å². The zero-order valence-electron chi connectivity index (χ0n) is 17.2. The van der Waals surface area contributed by atoms with Crippen LogP contribution >= 0.6 is 23.2 Å². The lowest BCUT2D eigenvalue weighted by molar-refractivity contribution is -0.136. The van der Waals surface area contributed by atoms with Gasteiger partial charge < -0.3 is 14.6 Å². The maximum atomic E-state index is 12.5. The molecule has 33 heavy (non-hydrogen) atoms. The largest absolute Gasteiger partial charge is 0.478 e. The first-order chi connectivity index (χ1) is 15.8. The van der Waals surface area contributed by atoms with Crippen molar-refractivity contribution in [1.82, 2.24) is 0 Å². The Labute approximate surface area is 200 Å². The SMILES string of the molecule is O=C(O)/C=C/c1ccc(OC(=O)Cc2cccc(Cl)c2)c(OC(=O)Cc2cccc(Cl)c2)c1. The molecule has 3 rings (SSSR count). The van der Waals surface area contributed by atoms with Crippen molar-refractivity contribution in [1.29, 1.82) is 0 Å². The van der Waals surface area contributed by atoms with Gasteiger partial charge in [0.25, 0.3) is 0 Å². The lowest BCUT2D eigenvalue weighted by Gasteiger charge is -2.12. The van der Waals surface area contributed by atoms with Crippen molar-refractivity contribution in [2.45, 2.75) is 12.8 Å². The summed E-state index contributed by atoms with van der Waals surface area (Å²) in [6.07, 6.45) is 2.16. The highest BCUT2D eigenvalue weighted by Gasteiger charge is 2.16. The number of ether oxygens (including phenoxy) is 2. The first kappa shape index (κ1) is 24.0. The maximum absolute atomic E-state index is 12.5. The van der Waals surface area contributed by atoms with Gasteiger partial charge in [-0.2, -0.15) is 0 Å². The maximum Gasteiger partial charge on any atom is 0.328 e. The van der Waals surface area contributed by atoms with Crippen molar-refractivity contribution in [3.8, 4) is 11.5 Å². The third-order valence-corrected chi connectivity index (χ3v) is 4.78. The number of carboxylic acids is 1. The van der Waals surface area contributed by atoms with E-state index < -0.39 is 17.9 Å². The van der Waals surface area contributed by atoms with Gasteiger partial charge in [-0.1, -0.05) is 53.5 Å². The van der Waals surface area contributed by atoms with Gasteiger partial charge in [-0.15, -0.1) is 0 Å². The summed E-state index contributed by atoms with van der Waals surface area (Å²) < 4.78 is 10.9. The minimum atomic E-state index is -1.13. The molecule has 8 heteroatoms. The second-order valence-corrected chi connectivity index (χ2v) is 7.81. The average Bonchev–Trinajstić information content (AvgIpc) is 2.73. The lowest BCUT2D eigenvalue weighted by Crippen LogP contribution is -2.15. The number of carbonyl (C=O) groups is 3. The number of rotatable bonds is 8. The number of hydrogen-bond donors (Lipinski definition) is 1. The molecule has 0 fully saturated rings. The van der Waals surface area contributed by atoms with Crippen molar-refractivity contribution < 1.29 is 29.0 Å². The van der Waals surface area contributed by atoms with Crippen molar-refractivity contribution in [2.24, 2.45) is 0 Å². The molecule has 0 aromatic heterocycles. The van der Waals surface area contributed by atoms with Crippen LogP contribution in [0, 0.1) is 0 Å². The lowest BCUT2D eigenvalue weighted by atomic mass is 10.1. The molecule has 6 nitrogen and oxygen atoms in total. The standard InChI is InChI=1S/C25H18Cl2O6/c26-19-5-1-3-17(11-19)14-24(30)32-21-9-7-16(8-10-23(28)29)13-22(21)33-25(31)15-18-4-2-6-20(27)12-18/h1-13H,14-15H2,(H,28,29)/b10-8+. The Hall–Kier alpha value is -3.61. The predicted octanol–water partition coefficient (Wildman–Crippen LogP) is 5.39. The Morgan fingerprint density at radius 3 is 1.82 bits per heavy atom. The molecule has 168 valence electrons. The van der Waals surface area contributed by atoms with E-state index in [1.165, 1.54) is 24.3 Å². The number of halogens is 2. The summed E-state index contributed by atoms with van der Waals surface area (Å²) in [4.78, 5) is 35.8. The fraction of sp³-hybridized carbons (Fsp3) is 0.0800. The van der Waals surface area contributed by atoms with Crippen molar-refractivity contribution in [3.63, 3.8) is 0 Å². The van der Waals surface area contributed by atoms with E-state index in [-0.39, 0.29) is 24.3 Å². The summed E-state index contributed by atoms with van der Waals surface area (Å²) in [7, 11) is 0. The van der Waals surface area contributed by atoms with E-state index in [4.69, 9.17) is 37.8 Å². The average molecular weight is 485 g/mol. The zero-order chi connectivity index (χ0) is 23.8. The van der Waals surface area contributed by atoms with Crippen LogP contribution in [0.25, 0.3) is 6.08 Å². The zero-order valence-corrected chi connectivity index (χ0v) is 18.7. The molecule has 0 aliphatic heterocycles. The van der Waals surface area contributed by atoms with Crippen LogP contribution in [-0.4, -0.2) is 23.0 Å². The molecular weight excluding hydrogens is 467 g/mol. The molecule has 0 atom stereocenters. The highest BCUT2D eigenvalue weighted by Crippen LogP contribution is 2.30. The van der Waals surface area contributed by atoms with Gasteiger partial charge in [0, 0.05) is 16.1 Å². The molecule has 0 amide bonds. The topological polar surface area (TPSA) is 89.9 Å². The summed E-state index contributed by atoms with van der Waals surface area (Å²) in [6.45, 7) is 0. The number of aliphatic carboxylic acids is 1. The minimum Gasteiger partial charge on any atom is -0.478 e. The quantitative estimate of drug-likeness (QED) is 0.262. The van der Waals surface area contributed by atoms with E-state index in [2.05, 4.69) is 0 Å². The number of carbonyl (C=O) groups excluding carboxylic acids is 2. The third kappa shape index (κ3) is 7.79. The third-order valence-electron chi connectivity index (χ3n) is 4.31. The van der Waals surface area contributed by atoms with Crippen LogP contribution < -0.4 is 9.47 Å². The smallest absolute Gasteiger partial charge is 0.328 e. The predicted molar refractivity (Wildman–Crippen MR) is 125 cm³/mol. The molecule has 0 saturated heterocycles. The fourth-order valence-corrected chi connectivity index (χ4v) is 3.33. The van der Waals surface area contributed by atoms with Crippen molar-refractivity contribution in [3.05, 3.63) is 99.5 Å². The van der Waals surface area contributed by atoms with Crippen LogP contribution in [0.1, 0.15) is 16.7 Å². The molecule has 3 aromatic carbocycles. The molecule has 0 spiro atoms. The molecule has 0 aliphatic carbocycles. The van der Waals surface area contributed by atoms with Gasteiger partial charge in [-0.05, 0) is 59.2 Å². The normalized spacial score (nSPS) is 10.7. The second-order valence-electron chi connectivity index (χ2n) is 6.94. The van der Waals surface area contributed by atoms with Gasteiger partial charge in [0.05, 0.1) is 12.8 Å². The summed E-state index contributed by atoms with van der Waals surface area (Å²) in [5, 5.41) is 9.82. The second kappa shape index (κ2) is 11.3. The first-order valence-corrected chi connectivity index (χ1v) is 10.5. The highest BCUT2D eigenvalue weighted by molar-refractivity contribution is 6.30. The van der Waals surface area contributed by atoms with E-state index >= 15 is 0 Å². The van der Waals surface area contributed by atoms with Gasteiger partial charge in [0.15, 0.2) is 11.5 Å². The molecule has 1 N–H and O–H groups in total. The van der Waals surface area contributed by atoms with E-state index in [1.807, 2.05) is 0 Å². The van der Waals surface area contributed by atoms with E-state index in [1.54, 1.807) is 48.5 Å². The Balaban J connectivity index is 1.80. The van der Waals surface area contributed by atoms with Crippen LogP contribution in [0.4, 0.5) is 0 Å². The van der Waals surface area contributed by atoms with E-state index in [9.17, 15) is 14.4 Å². The van der Waals surface area contributed by atoms with Crippen LogP contribution in [-0.2, 0) is 27.2 Å².